The number of hydrogen-bond acceptors (Lipinski definition) is 6. The van der Waals surface area contributed by atoms with E-state index in [4.69, 9.17) is 29.9 Å². The lowest BCUT2D eigenvalue weighted by Gasteiger charge is -2.22. The third kappa shape index (κ3) is 10.5. The Morgan fingerprint density at radius 3 is 0.359 bits per heavy atom. The van der Waals surface area contributed by atoms with E-state index in [1.165, 1.54) is 33.4 Å². The van der Waals surface area contributed by atoms with Crippen LogP contribution in [0.3, 0.4) is 0 Å². The summed E-state index contributed by atoms with van der Waals surface area (Å²) in [4.78, 5) is 34.8. The highest BCUT2D eigenvalue weighted by molar-refractivity contribution is 6.20. The van der Waals surface area contributed by atoms with Gasteiger partial charge in [-0.05, 0) is 65.9 Å². The van der Waals surface area contributed by atoms with Crippen LogP contribution in [0.15, 0.2) is 146 Å². The van der Waals surface area contributed by atoms with E-state index in [0.29, 0.717) is 33.1 Å². The first-order valence-electron chi connectivity index (χ1n) is 27.9. The van der Waals surface area contributed by atoms with E-state index in [2.05, 4.69) is 270 Å². The standard InChI is InChI=1S/C72H78N6/c1-67(2,3)49-31-19-43(20-32-49)55-56(44-21-33-50(34-22-44)68(4,5)6)74-62-61(73-55)63-65(77-58(46-25-37-52(38-26-46)70(10,11)12)57(75-63)45-23-35-51(36-24-45)69(7,8)9)66-64(62)76-59(47-27-39-53(40-28-47)71(13,14)15)60(78-66)48-29-41-54(42-30-48)72(16,17)18/h19-42H,1-18H3. The molecule has 0 amide bonds. The van der Waals surface area contributed by atoms with Crippen molar-refractivity contribution >= 4 is 33.1 Å². The number of hydrogen-bond donors (Lipinski definition) is 0. The average molecular weight is 1030 g/mol. The molecular weight excluding hydrogens is 949 g/mol. The minimum absolute atomic E-state index is 0.0346. The molecule has 7 aromatic carbocycles. The molecule has 3 aromatic heterocycles. The van der Waals surface area contributed by atoms with Crippen LogP contribution in [0.2, 0.25) is 0 Å². The summed E-state index contributed by atoms with van der Waals surface area (Å²) >= 11 is 0. The van der Waals surface area contributed by atoms with Crippen molar-refractivity contribution in [3.63, 3.8) is 0 Å². The van der Waals surface area contributed by atoms with Crippen LogP contribution in [-0.2, 0) is 32.5 Å². The molecule has 0 aliphatic heterocycles. The topological polar surface area (TPSA) is 77.3 Å². The van der Waals surface area contributed by atoms with E-state index in [1.54, 1.807) is 0 Å². The molecule has 10 aromatic rings. The summed E-state index contributed by atoms with van der Waals surface area (Å²) in [6, 6.07) is 53.0. The second-order valence-corrected chi connectivity index (χ2v) is 27.8. The zero-order chi connectivity index (χ0) is 56.1. The van der Waals surface area contributed by atoms with Gasteiger partial charge in [-0.3, -0.25) is 0 Å². The fourth-order valence-electron chi connectivity index (χ4n) is 10.3. The van der Waals surface area contributed by atoms with E-state index in [1.807, 2.05) is 0 Å². The summed E-state index contributed by atoms with van der Waals surface area (Å²) in [6.07, 6.45) is 0. The van der Waals surface area contributed by atoms with Crippen LogP contribution < -0.4 is 0 Å². The van der Waals surface area contributed by atoms with Gasteiger partial charge in [0.15, 0.2) is 0 Å². The van der Waals surface area contributed by atoms with Crippen molar-refractivity contribution in [3.8, 4) is 67.5 Å². The first-order chi connectivity index (χ1) is 36.4. The molecule has 396 valence electrons. The van der Waals surface area contributed by atoms with Gasteiger partial charge in [0.05, 0.1) is 34.2 Å². The summed E-state index contributed by atoms with van der Waals surface area (Å²) < 4.78 is 0. The van der Waals surface area contributed by atoms with Crippen molar-refractivity contribution in [1.29, 1.82) is 0 Å². The molecule has 0 bridgehead atoms. The molecule has 0 N–H and O–H groups in total. The maximum absolute atomic E-state index is 5.81. The number of fused-ring (bicyclic) bond motifs is 6. The Morgan fingerprint density at radius 2 is 0.269 bits per heavy atom. The maximum atomic E-state index is 5.81. The van der Waals surface area contributed by atoms with Gasteiger partial charge in [0.1, 0.15) is 33.1 Å². The Kier molecular flexibility index (Phi) is 13.3. The Hall–Kier alpha value is -7.44. The van der Waals surface area contributed by atoms with Gasteiger partial charge in [-0.1, -0.05) is 270 Å². The van der Waals surface area contributed by atoms with E-state index < -0.39 is 0 Å². The Morgan fingerprint density at radius 1 is 0.167 bits per heavy atom. The molecule has 78 heavy (non-hydrogen) atoms. The molecule has 10 rings (SSSR count). The predicted octanol–water partition coefficient (Wildman–Crippen LogP) is 19.3. The molecule has 0 fully saturated rings. The largest absolute Gasteiger partial charge is 0.241 e. The van der Waals surface area contributed by atoms with Gasteiger partial charge in [-0.25, -0.2) is 29.9 Å². The number of rotatable bonds is 6. The second kappa shape index (κ2) is 19.2. The number of nitrogens with zero attached hydrogens (tertiary/aromatic N) is 6. The first-order valence-corrected chi connectivity index (χ1v) is 27.9. The highest BCUT2D eigenvalue weighted by atomic mass is 14.9. The molecule has 0 saturated carbocycles. The number of benzene rings is 7. The summed E-state index contributed by atoms with van der Waals surface area (Å²) in [7, 11) is 0. The molecule has 3 heterocycles. The summed E-state index contributed by atoms with van der Waals surface area (Å²) in [6.45, 7) is 40.5. The maximum Gasteiger partial charge on any atom is 0.120 e. The van der Waals surface area contributed by atoms with Crippen molar-refractivity contribution in [2.75, 3.05) is 0 Å². The van der Waals surface area contributed by atoms with E-state index in [-0.39, 0.29) is 32.5 Å². The van der Waals surface area contributed by atoms with Gasteiger partial charge in [-0.2, -0.15) is 0 Å². The van der Waals surface area contributed by atoms with Gasteiger partial charge in [0.25, 0.3) is 0 Å². The zero-order valence-corrected chi connectivity index (χ0v) is 49.5. The van der Waals surface area contributed by atoms with Crippen LogP contribution in [0.25, 0.3) is 101 Å². The van der Waals surface area contributed by atoms with E-state index in [9.17, 15) is 0 Å². The van der Waals surface area contributed by atoms with E-state index in [0.717, 1.165) is 67.5 Å². The number of aromatic nitrogens is 6. The van der Waals surface area contributed by atoms with Crippen LogP contribution in [0.5, 0.6) is 0 Å². The molecule has 6 heteroatoms. The van der Waals surface area contributed by atoms with Gasteiger partial charge < -0.3 is 0 Å². The molecule has 0 saturated heterocycles. The lowest BCUT2D eigenvalue weighted by molar-refractivity contribution is 0.590. The van der Waals surface area contributed by atoms with Crippen molar-refractivity contribution in [1.82, 2.24) is 29.9 Å². The van der Waals surface area contributed by atoms with Gasteiger partial charge in [0, 0.05) is 33.4 Å². The third-order valence-corrected chi connectivity index (χ3v) is 15.5. The minimum atomic E-state index is -0.0346. The molecule has 0 unspecified atom stereocenters. The van der Waals surface area contributed by atoms with Gasteiger partial charge in [0.2, 0.25) is 0 Å². The average Bonchev–Trinajstić information content (AvgIpc) is 3.45. The van der Waals surface area contributed by atoms with Crippen molar-refractivity contribution in [3.05, 3.63) is 179 Å². The molecule has 0 spiro atoms. The summed E-state index contributed by atoms with van der Waals surface area (Å²) in [5.74, 6) is 0. The Balaban J connectivity index is 1.39. The monoisotopic (exact) mass is 1030 g/mol. The van der Waals surface area contributed by atoms with Gasteiger partial charge in [-0.15, -0.1) is 0 Å². The highest BCUT2D eigenvalue weighted by Crippen LogP contribution is 2.43. The Labute approximate surface area is 464 Å². The lowest BCUT2D eigenvalue weighted by atomic mass is 9.85. The van der Waals surface area contributed by atoms with Crippen LogP contribution in [0.1, 0.15) is 158 Å². The normalized spacial score (nSPS) is 13.0. The molecule has 6 nitrogen and oxygen atoms in total. The second-order valence-electron chi connectivity index (χ2n) is 27.8. The van der Waals surface area contributed by atoms with Crippen LogP contribution in [0, 0.1) is 0 Å². The highest BCUT2D eigenvalue weighted by Gasteiger charge is 2.28. The lowest BCUT2D eigenvalue weighted by Crippen LogP contribution is -2.11. The SMILES string of the molecule is CC(C)(C)c1ccc(-c2nc3c4nc(-c5ccc(C(C)(C)C)cc5)c(-c5ccc(C(C)(C)C)cc5)nc4c4nc(-c5ccc(C(C)(C)C)cc5)c(-c5ccc(C(C)(C)C)cc5)nc4c3nc2-c2ccc(C(C)(C)C)cc2)cc1. The zero-order valence-electron chi connectivity index (χ0n) is 49.5. The van der Waals surface area contributed by atoms with Gasteiger partial charge >= 0.3 is 0 Å². The molecular formula is C72H78N6. The van der Waals surface area contributed by atoms with E-state index >= 15 is 0 Å². The molecule has 0 aliphatic rings. The predicted molar refractivity (Wildman–Crippen MR) is 331 cm³/mol. The quantitative estimate of drug-likeness (QED) is 0.154. The summed E-state index contributed by atoms with van der Waals surface area (Å²) in [5, 5.41) is 0. The smallest absolute Gasteiger partial charge is 0.120 e. The minimum Gasteiger partial charge on any atom is -0.241 e. The fraction of sp³-hybridized carbons (Fsp3) is 0.333. The summed E-state index contributed by atoms with van der Waals surface area (Å²) in [5.41, 5.74) is 21.2. The van der Waals surface area contributed by atoms with Crippen molar-refractivity contribution in [2.24, 2.45) is 0 Å². The van der Waals surface area contributed by atoms with Crippen molar-refractivity contribution in [2.45, 2.75) is 157 Å². The molecule has 0 aliphatic carbocycles. The molecule has 0 atom stereocenters. The fourth-order valence-corrected chi connectivity index (χ4v) is 10.3. The van der Waals surface area contributed by atoms with Crippen LogP contribution in [-0.4, -0.2) is 29.9 Å². The first kappa shape index (κ1) is 53.9. The molecule has 0 radical (unpaired) electrons. The van der Waals surface area contributed by atoms with Crippen LogP contribution >= 0.6 is 0 Å². The Bertz CT molecular complexity index is 3170. The van der Waals surface area contributed by atoms with Crippen LogP contribution in [0.4, 0.5) is 0 Å². The third-order valence-electron chi connectivity index (χ3n) is 15.5. The van der Waals surface area contributed by atoms with Crippen molar-refractivity contribution < 1.29 is 0 Å².